The van der Waals surface area contributed by atoms with Gasteiger partial charge in [0.2, 0.25) is 5.95 Å². The Bertz CT molecular complexity index is 980. The van der Waals surface area contributed by atoms with Crippen LogP contribution < -0.4 is 10.2 Å². The van der Waals surface area contributed by atoms with Gasteiger partial charge in [-0.05, 0) is 25.8 Å². The number of urea groups is 1. The summed E-state index contributed by atoms with van der Waals surface area (Å²) in [7, 11) is 1.89. The molecule has 5 atom stereocenters. The van der Waals surface area contributed by atoms with Crippen molar-refractivity contribution >= 4 is 12.0 Å². The zero-order valence-corrected chi connectivity index (χ0v) is 17.8. The molecule has 5 rings (SSSR count). The number of fused-ring (bicyclic) bond motifs is 2. The number of carbonyl (C=O) groups is 1. The average molecular weight is 413 g/mol. The lowest BCUT2D eigenvalue weighted by molar-refractivity contribution is -0.103. The highest BCUT2D eigenvalue weighted by Gasteiger charge is 2.63. The Morgan fingerprint density at radius 1 is 1.37 bits per heavy atom. The molecule has 11 heteroatoms. The molecule has 3 aliphatic rings. The van der Waals surface area contributed by atoms with Crippen LogP contribution in [0.25, 0.3) is 0 Å². The average Bonchev–Trinajstić information content (AvgIpc) is 3.48. The second-order valence-electron chi connectivity index (χ2n) is 8.42. The fourth-order valence-corrected chi connectivity index (χ4v) is 4.95. The summed E-state index contributed by atoms with van der Waals surface area (Å²) in [6, 6.07) is -0.258. The van der Waals surface area contributed by atoms with E-state index in [1.807, 2.05) is 27.1 Å². The van der Waals surface area contributed by atoms with E-state index in [9.17, 15) is 4.79 Å². The Balaban J connectivity index is 1.49. The van der Waals surface area contributed by atoms with Gasteiger partial charge in [-0.25, -0.2) is 14.5 Å². The van der Waals surface area contributed by atoms with Crippen molar-refractivity contribution in [3.63, 3.8) is 0 Å². The van der Waals surface area contributed by atoms with Crippen LogP contribution in [0, 0.1) is 12.8 Å². The molecule has 3 aliphatic heterocycles. The van der Waals surface area contributed by atoms with Gasteiger partial charge in [-0.3, -0.25) is 9.58 Å². The normalized spacial score (nSPS) is 33.2. The van der Waals surface area contributed by atoms with Gasteiger partial charge >= 0.3 is 6.03 Å². The Kier molecular flexibility index (Phi) is 4.14. The first kappa shape index (κ1) is 19.0. The van der Waals surface area contributed by atoms with E-state index in [0.717, 1.165) is 24.4 Å². The number of hydrogen-bond donors (Lipinski definition) is 1. The van der Waals surface area contributed by atoms with Crippen LogP contribution >= 0.6 is 0 Å². The summed E-state index contributed by atoms with van der Waals surface area (Å²) < 4.78 is 9.97. The molecule has 11 nitrogen and oxygen atoms in total. The van der Waals surface area contributed by atoms with Crippen molar-refractivity contribution in [2.75, 3.05) is 11.4 Å². The topological polar surface area (TPSA) is 106 Å². The predicted molar refractivity (Wildman–Crippen MR) is 107 cm³/mol. The summed E-state index contributed by atoms with van der Waals surface area (Å²) in [5.74, 6) is 1.77. The third-order valence-electron chi connectivity index (χ3n) is 6.86. The monoisotopic (exact) mass is 413 g/mol. The van der Waals surface area contributed by atoms with E-state index in [2.05, 4.69) is 44.2 Å². The molecular formula is C19H27N9O2. The van der Waals surface area contributed by atoms with Gasteiger partial charge in [0.15, 0.2) is 6.23 Å². The maximum atomic E-state index is 13.1. The van der Waals surface area contributed by atoms with Gasteiger partial charge < -0.3 is 15.0 Å². The van der Waals surface area contributed by atoms with Crippen LogP contribution in [0.4, 0.5) is 10.7 Å². The quantitative estimate of drug-likeness (QED) is 0.802. The summed E-state index contributed by atoms with van der Waals surface area (Å²) in [5.41, 5.74) is 0.607. The highest BCUT2D eigenvalue weighted by atomic mass is 16.5. The number of rotatable bonds is 4. The molecule has 5 heterocycles. The number of ether oxygens (including phenoxy) is 1. The third-order valence-corrected chi connectivity index (χ3v) is 6.86. The molecule has 2 aromatic rings. The van der Waals surface area contributed by atoms with E-state index >= 15 is 0 Å². The second-order valence-corrected chi connectivity index (χ2v) is 8.42. The lowest BCUT2D eigenvalue weighted by atomic mass is 9.88. The number of nitrogens with one attached hydrogen (secondary N) is 1. The van der Waals surface area contributed by atoms with E-state index < -0.39 is 6.23 Å². The van der Waals surface area contributed by atoms with Crippen molar-refractivity contribution < 1.29 is 9.53 Å². The molecule has 0 spiro atoms. The molecule has 0 radical (unpaired) electrons. The first-order valence-corrected chi connectivity index (χ1v) is 10.3. The Morgan fingerprint density at radius 2 is 2.17 bits per heavy atom. The summed E-state index contributed by atoms with van der Waals surface area (Å²) in [5, 5.41) is 11.8. The van der Waals surface area contributed by atoms with Crippen LogP contribution in [0.5, 0.6) is 0 Å². The van der Waals surface area contributed by atoms with E-state index in [0.29, 0.717) is 5.95 Å². The smallest absolute Gasteiger partial charge is 0.325 e. The van der Waals surface area contributed by atoms with Crippen LogP contribution in [0.3, 0.4) is 0 Å². The molecule has 2 unspecified atom stereocenters. The molecule has 2 amide bonds. The first-order chi connectivity index (χ1) is 14.3. The lowest BCUT2D eigenvalue weighted by Gasteiger charge is -2.42. The van der Waals surface area contributed by atoms with Gasteiger partial charge in [-0.1, -0.05) is 13.8 Å². The first-order valence-electron chi connectivity index (χ1n) is 10.3. The fourth-order valence-electron chi connectivity index (χ4n) is 4.95. The van der Waals surface area contributed by atoms with Gasteiger partial charge in [0.25, 0.3) is 0 Å². The van der Waals surface area contributed by atoms with Crippen molar-refractivity contribution in [2.24, 2.45) is 13.0 Å². The Hall–Kier alpha value is -2.95. The van der Waals surface area contributed by atoms with E-state index in [1.54, 1.807) is 20.6 Å². The molecule has 160 valence electrons. The van der Waals surface area contributed by atoms with Gasteiger partial charge in [0.05, 0.1) is 18.2 Å². The van der Waals surface area contributed by atoms with E-state index in [4.69, 9.17) is 4.74 Å². The van der Waals surface area contributed by atoms with Gasteiger partial charge in [0.1, 0.15) is 24.6 Å². The van der Waals surface area contributed by atoms with Crippen molar-refractivity contribution in [1.29, 1.82) is 0 Å². The third kappa shape index (κ3) is 2.57. The van der Waals surface area contributed by atoms with Crippen LogP contribution in [0.1, 0.15) is 39.2 Å². The van der Waals surface area contributed by atoms with E-state index in [-0.39, 0.29) is 29.8 Å². The van der Waals surface area contributed by atoms with Crippen LogP contribution in [0.15, 0.2) is 24.4 Å². The number of nitrogens with zero attached hydrogens (tertiary/aromatic N) is 8. The lowest BCUT2D eigenvalue weighted by Crippen LogP contribution is -2.58. The summed E-state index contributed by atoms with van der Waals surface area (Å²) >= 11 is 0. The molecule has 2 fully saturated rings. The number of carbonyl (C=O) groups excluding carboxylic acids is 1. The molecule has 0 aromatic carbocycles. The Morgan fingerprint density at radius 3 is 2.77 bits per heavy atom. The minimum Gasteiger partial charge on any atom is -0.347 e. The highest BCUT2D eigenvalue weighted by molar-refractivity contribution is 5.77. The second kappa shape index (κ2) is 6.53. The highest BCUT2D eigenvalue weighted by Crippen LogP contribution is 2.50. The largest absolute Gasteiger partial charge is 0.347 e. The van der Waals surface area contributed by atoms with Gasteiger partial charge in [0, 0.05) is 19.2 Å². The van der Waals surface area contributed by atoms with Crippen molar-refractivity contribution in [3.05, 3.63) is 30.3 Å². The minimum atomic E-state index is -0.426. The maximum Gasteiger partial charge on any atom is 0.325 e. The van der Waals surface area contributed by atoms with Crippen molar-refractivity contribution in [1.82, 2.24) is 39.7 Å². The molecule has 2 aromatic heterocycles. The van der Waals surface area contributed by atoms with Crippen LogP contribution in [0.2, 0.25) is 0 Å². The minimum absolute atomic E-state index is 0.0375. The Labute approximate surface area is 174 Å². The number of anilines is 1. The fraction of sp³-hybridized carbons (Fsp3) is 0.632. The summed E-state index contributed by atoms with van der Waals surface area (Å²) in [6.07, 6.45) is 4.98. The zero-order valence-electron chi connectivity index (χ0n) is 17.8. The van der Waals surface area contributed by atoms with Gasteiger partial charge in [-0.15, -0.1) is 5.10 Å². The predicted octanol–water partition coefficient (Wildman–Crippen LogP) is 1.17. The number of aromatic nitrogens is 6. The summed E-state index contributed by atoms with van der Waals surface area (Å²) in [6.45, 7) is 8.95. The number of aryl methyl sites for hydroxylation is 2. The van der Waals surface area contributed by atoms with Gasteiger partial charge in [-0.2, -0.15) is 10.1 Å². The molecular weight excluding hydrogens is 386 g/mol. The van der Waals surface area contributed by atoms with Crippen LogP contribution in [-0.4, -0.2) is 64.9 Å². The molecule has 2 bridgehead atoms. The van der Waals surface area contributed by atoms with Crippen molar-refractivity contribution in [3.8, 4) is 0 Å². The molecule has 2 saturated heterocycles. The van der Waals surface area contributed by atoms with E-state index in [1.165, 1.54) is 6.33 Å². The van der Waals surface area contributed by atoms with Crippen LogP contribution in [-0.2, 0) is 11.8 Å². The van der Waals surface area contributed by atoms with Crippen molar-refractivity contribution in [2.45, 2.75) is 58.2 Å². The zero-order chi connectivity index (χ0) is 21.2. The number of hydrogen-bond acceptors (Lipinski definition) is 7. The molecule has 30 heavy (non-hydrogen) atoms. The molecule has 1 N–H and O–H groups in total. The maximum absolute atomic E-state index is 13.1. The SMILES string of the molecule is CC[C@@]12CN(c3nc(C)n(C)n3)[C@@H](C(N3C=C(C)C(n4cncn4)NC3=O)O1)[C@@H]2C. The number of amides is 2. The molecule has 0 saturated carbocycles. The standard InChI is InChI=1S/C19H27N9O2/c1-6-19-8-27(17-22-13(4)25(5)24-17)14(12(19)3)16(30-19)26-7-11(2)15(23-18(26)29)28-10-20-9-21-28/h7,9-10,12,14-16H,6,8H2,1-5H3,(H,23,29)/t12-,14+,15?,16?,19-/m0/s1. The number of morpholine rings is 1. The molecule has 0 aliphatic carbocycles. The summed E-state index contributed by atoms with van der Waals surface area (Å²) in [4.78, 5) is 25.6.